The molecule has 3 rings (SSSR count). The van der Waals surface area contributed by atoms with E-state index in [0.29, 0.717) is 0 Å². The first-order valence-electron chi connectivity index (χ1n) is 7.22. The number of hydrogen-bond acceptors (Lipinski definition) is 3. The molecular weight excluding hydrogens is 248 g/mol. The zero-order chi connectivity index (χ0) is 13.6. The van der Waals surface area contributed by atoms with Gasteiger partial charge in [0.15, 0.2) is 0 Å². The maximum atomic E-state index is 5.88. The Balaban J connectivity index is 1.50. The van der Waals surface area contributed by atoms with Crippen LogP contribution in [0.4, 0.5) is 0 Å². The Morgan fingerprint density at radius 2 is 2.15 bits per heavy atom. The normalized spacial score (nSPS) is 17.7. The monoisotopic (exact) mass is 268 g/mol. The summed E-state index contributed by atoms with van der Waals surface area (Å²) in [6.07, 6.45) is 5.96. The lowest BCUT2D eigenvalue weighted by Crippen LogP contribution is -2.28. The van der Waals surface area contributed by atoms with Crippen LogP contribution in [0, 0.1) is 0 Å². The number of ether oxygens (including phenoxy) is 1. The van der Waals surface area contributed by atoms with E-state index in [2.05, 4.69) is 40.6 Å². The van der Waals surface area contributed by atoms with Gasteiger partial charge >= 0.3 is 0 Å². The Hall–Kier alpha value is -1.71. The average molecular weight is 268 g/mol. The predicted molar refractivity (Wildman–Crippen MR) is 79.6 cm³/mol. The van der Waals surface area contributed by atoms with E-state index >= 15 is 0 Å². The summed E-state index contributed by atoms with van der Waals surface area (Å²) in [7, 11) is 0. The lowest BCUT2D eigenvalue weighted by molar-refractivity contribution is 0.0427. The van der Waals surface area contributed by atoms with Crippen molar-refractivity contribution in [2.45, 2.75) is 18.9 Å². The number of rotatable bonds is 5. The highest BCUT2D eigenvalue weighted by Gasteiger charge is 2.19. The van der Waals surface area contributed by atoms with Crippen LogP contribution >= 0.6 is 0 Å². The van der Waals surface area contributed by atoms with Crippen LogP contribution in [-0.2, 0) is 17.6 Å². The molecule has 20 heavy (non-hydrogen) atoms. The molecule has 0 fully saturated rings. The molecule has 1 unspecified atom stereocenters. The van der Waals surface area contributed by atoms with Crippen LogP contribution in [0.2, 0.25) is 0 Å². The molecule has 2 heterocycles. The number of nitrogens with zero attached hydrogens (tertiary/aromatic N) is 1. The van der Waals surface area contributed by atoms with Crippen molar-refractivity contribution in [3.63, 3.8) is 0 Å². The minimum atomic E-state index is 0.189. The van der Waals surface area contributed by atoms with Crippen molar-refractivity contribution >= 4 is 0 Å². The predicted octanol–water partition coefficient (Wildman–Crippen LogP) is 2.53. The summed E-state index contributed by atoms with van der Waals surface area (Å²) in [6.45, 7) is 2.65. The largest absolute Gasteiger partial charge is 0.372 e. The smallest absolute Gasteiger partial charge is 0.0952 e. The van der Waals surface area contributed by atoms with Crippen molar-refractivity contribution in [2.75, 3.05) is 19.7 Å². The van der Waals surface area contributed by atoms with Crippen molar-refractivity contribution in [3.8, 4) is 0 Å². The van der Waals surface area contributed by atoms with Crippen molar-refractivity contribution < 1.29 is 4.74 Å². The van der Waals surface area contributed by atoms with Crippen molar-refractivity contribution in [1.29, 1.82) is 0 Å². The molecule has 0 radical (unpaired) electrons. The molecule has 2 aromatic rings. The van der Waals surface area contributed by atoms with Crippen LogP contribution in [0.3, 0.4) is 0 Å². The fourth-order valence-electron chi connectivity index (χ4n) is 2.66. The van der Waals surface area contributed by atoms with Gasteiger partial charge in [-0.05, 0) is 42.1 Å². The molecule has 3 nitrogen and oxygen atoms in total. The number of nitrogens with one attached hydrogen (secondary N) is 1. The van der Waals surface area contributed by atoms with Gasteiger partial charge in [-0.1, -0.05) is 30.3 Å². The van der Waals surface area contributed by atoms with E-state index < -0.39 is 0 Å². The minimum Gasteiger partial charge on any atom is -0.372 e. The average Bonchev–Trinajstić information content (AvgIpc) is 2.53. The summed E-state index contributed by atoms with van der Waals surface area (Å²) in [5, 5.41) is 3.49. The molecule has 0 saturated carbocycles. The maximum Gasteiger partial charge on any atom is 0.0952 e. The van der Waals surface area contributed by atoms with Gasteiger partial charge in [-0.15, -0.1) is 0 Å². The Kier molecular flexibility index (Phi) is 4.41. The van der Waals surface area contributed by atoms with E-state index in [1.165, 1.54) is 16.7 Å². The highest BCUT2D eigenvalue weighted by atomic mass is 16.5. The molecule has 0 spiro atoms. The van der Waals surface area contributed by atoms with Gasteiger partial charge in [-0.2, -0.15) is 0 Å². The van der Waals surface area contributed by atoms with Gasteiger partial charge in [0.25, 0.3) is 0 Å². The van der Waals surface area contributed by atoms with Crippen molar-refractivity contribution in [1.82, 2.24) is 10.3 Å². The zero-order valence-electron chi connectivity index (χ0n) is 11.6. The van der Waals surface area contributed by atoms with Crippen LogP contribution in [0.25, 0.3) is 0 Å². The molecule has 1 aliphatic rings. The SMILES string of the molecule is c1cncc(CCNCC2OCCc3ccccc32)c1. The Morgan fingerprint density at radius 3 is 3.05 bits per heavy atom. The molecule has 0 bridgehead atoms. The van der Waals surface area contributed by atoms with Crippen LogP contribution < -0.4 is 5.32 Å². The first-order chi connectivity index (χ1) is 9.93. The molecule has 0 saturated heterocycles. The highest BCUT2D eigenvalue weighted by Crippen LogP contribution is 2.26. The number of aromatic nitrogens is 1. The maximum absolute atomic E-state index is 5.88. The molecule has 1 aliphatic heterocycles. The minimum absolute atomic E-state index is 0.189. The van der Waals surface area contributed by atoms with E-state index in [4.69, 9.17) is 4.74 Å². The van der Waals surface area contributed by atoms with Gasteiger partial charge in [0.1, 0.15) is 0 Å². The summed E-state index contributed by atoms with van der Waals surface area (Å²) in [5.41, 5.74) is 4.04. The van der Waals surface area contributed by atoms with Gasteiger partial charge < -0.3 is 10.1 Å². The molecule has 1 atom stereocenters. The van der Waals surface area contributed by atoms with E-state index in [1.54, 1.807) is 0 Å². The molecule has 1 aromatic heterocycles. The Bertz CT molecular complexity index is 542. The summed E-state index contributed by atoms with van der Waals surface area (Å²) < 4.78 is 5.88. The van der Waals surface area contributed by atoms with Crippen LogP contribution in [0.15, 0.2) is 48.8 Å². The third-order valence-corrected chi connectivity index (χ3v) is 3.74. The quantitative estimate of drug-likeness (QED) is 0.846. The standard InChI is InChI=1S/C17H20N2O/c1-2-6-16-15(5-1)8-11-20-17(16)13-19-10-7-14-4-3-9-18-12-14/h1-6,9,12,17,19H,7-8,10-11,13H2. The summed E-state index contributed by atoms with van der Waals surface area (Å²) in [6, 6.07) is 12.7. The molecule has 1 aromatic carbocycles. The molecular formula is C17H20N2O. The second kappa shape index (κ2) is 6.64. The molecule has 1 N–H and O–H groups in total. The fourth-order valence-corrected chi connectivity index (χ4v) is 2.66. The highest BCUT2D eigenvalue weighted by molar-refractivity contribution is 5.31. The summed E-state index contributed by atoms with van der Waals surface area (Å²) in [4.78, 5) is 4.13. The number of hydrogen-bond donors (Lipinski definition) is 1. The first kappa shape index (κ1) is 13.3. The second-order valence-electron chi connectivity index (χ2n) is 5.12. The van der Waals surface area contributed by atoms with Gasteiger partial charge in [0.2, 0.25) is 0 Å². The Labute approximate surface area is 120 Å². The van der Waals surface area contributed by atoms with Crippen molar-refractivity contribution in [3.05, 3.63) is 65.5 Å². The summed E-state index contributed by atoms with van der Waals surface area (Å²) >= 11 is 0. The Morgan fingerprint density at radius 1 is 1.20 bits per heavy atom. The van der Waals surface area contributed by atoms with Gasteiger partial charge in [-0.3, -0.25) is 4.98 Å². The first-order valence-corrected chi connectivity index (χ1v) is 7.22. The molecule has 0 aliphatic carbocycles. The fraction of sp³-hybridized carbons (Fsp3) is 0.353. The van der Waals surface area contributed by atoms with Gasteiger partial charge in [0, 0.05) is 18.9 Å². The summed E-state index contributed by atoms with van der Waals surface area (Å²) in [5.74, 6) is 0. The number of pyridine rings is 1. The van der Waals surface area contributed by atoms with E-state index in [0.717, 1.165) is 32.5 Å². The van der Waals surface area contributed by atoms with E-state index in [9.17, 15) is 0 Å². The molecule has 3 heteroatoms. The molecule has 104 valence electrons. The van der Waals surface area contributed by atoms with Crippen LogP contribution in [-0.4, -0.2) is 24.7 Å². The van der Waals surface area contributed by atoms with Gasteiger partial charge in [-0.25, -0.2) is 0 Å². The number of fused-ring (bicyclic) bond motifs is 1. The van der Waals surface area contributed by atoms with E-state index in [1.807, 2.05) is 18.5 Å². The number of benzene rings is 1. The van der Waals surface area contributed by atoms with Crippen LogP contribution in [0.5, 0.6) is 0 Å². The van der Waals surface area contributed by atoms with Gasteiger partial charge in [0.05, 0.1) is 12.7 Å². The second-order valence-corrected chi connectivity index (χ2v) is 5.12. The molecule has 0 amide bonds. The van der Waals surface area contributed by atoms with Crippen molar-refractivity contribution in [2.24, 2.45) is 0 Å². The van der Waals surface area contributed by atoms with E-state index in [-0.39, 0.29) is 6.10 Å². The zero-order valence-corrected chi connectivity index (χ0v) is 11.6. The lowest BCUT2D eigenvalue weighted by atomic mass is 9.97. The third-order valence-electron chi connectivity index (χ3n) is 3.74. The topological polar surface area (TPSA) is 34.2 Å². The van der Waals surface area contributed by atoms with Crippen LogP contribution in [0.1, 0.15) is 22.8 Å². The lowest BCUT2D eigenvalue weighted by Gasteiger charge is -2.26. The third kappa shape index (κ3) is 3.24.